The Bertz CT molecular complexity index is 1060. The van der Waals surface area contributed by atoms with E-state index in [0.717, 1.165) is 0 Å². The maximum Gasteiger partial charge on any atom is 0.190 e. The van der Waals surface area contributed by atoms with Crippen molar-refractivity contribution in [1.29, 1.82) is 0 Å². The lowest BCUT2D eigenvalue weighted by molar-refractivity contribution is -0.120. The lowest BCUT2D eigenvalue weighted by Gasteiger charge is -2.26. The molecule has 0 saturated heterocycles. The quantitative estimate of drug-likeness (QED) is 0.666. The molecule has 0 fully saturated rings. The zero-order valence-electron chi connectivity index (χ0n) is 14.8. The summed E-state index contributed by atoms with van der Waals surface area (Å²) in [5.74, 6) is -0.924. The van der Waals surface area contributed by atoms with Gasteiger partial charge in [0.25, 0.3) is 0 Å². The Morgan fingerprint density at radius 3 is 1.59 bits per heavy atom. The fourth-order valence-corrected chi connectivity index (χ4v) is 5.85. The van der Waals surface area contributed by atoms with Crippen LogP contribution in [-0.4, -0.2) is 32.6 Å². The number of Topliss-reactive ketones (excluding diaryl/α,β-unsaturated/α-hetero) is 1. The SMILES string of the molecule is CC(C(=O)C(C)(C)S(=O)(=O)c1ccc(Cl)cc1)S(=O)(=O)c1ccc(Cl)cc1. The number of sulfone groups is 2. The normalized spacial score (nSPS) is 14.0. The second-order valence-electron chi connectivity index (χ2n) is 6.47. The van der Waals surface area contributed by atoms with Crippen LogP contribution in [0.25, 0.3) is 0 Å². The van der Waals surface area contributed by atoms with Crippen LogP contribution in [0.15, 0.2) is 58.3 Å². The number of rotatable bonds is 6. The minimum Gasteiger partial charge on any atom is -0.296 e. The maximum absolute atomic E-state index is 12.9. The van der Waals surface area contributed by atoms with Gasteiger partial charge >= 0.3 is 0 Å². The summed E-state index contributed by atoms with van der Waals surface area (Å²) in [6, 6.07) is 10.7. The van der Waals surface area contributed by atoms with Crippen molar-refractivity contribution in [3.05, 3.63) is 58.6 Å². The Morgan fingerprint density at radius 1 is 0.815 bits per heavy atom. The highest BCUT2D eigenvalue weighted by Crippen LogP contribution is 2.31. The molecule has 0 amide bonds. The Labute approximate surface area is 169 Å². The maximum atomic E-state index is 12.9. The number of hydrogen-bond acceptors (Lipinski definition) is 5. The fourth-order valence-electron chi connectivity index (χ4n) is 2.50. The summed E-state index contributed by atoms with van der Waals surface area (Å²) < 4.78 is 49.5. The summed E-state index contributed by atoms with van der Waals surface area (Å²) in [6.07, 6.45) is 0. The van der Waals surface area contributed by atoms with Gasteiger partial charge in [0.1, 0.15) is 10.00 Å². The van der Waals surface area contributed by atoms with Crippen LogP contribution in [0.3, 0.4) is 0 Å². The predicted molar refractivity (Wildman–Crippen MR) is 106 cm³/mol. The molecule has 0 heterocycles. The minimum absolute atomic E-state index is 0.104. The topological polar surface area (TPSA) is 85.3 Å². The Hall–Kier alpha value is -1.41. The van der Waals surface area contributed by atoms with E-state index in [1.54, 1.807) is 0 Å². The molecule has 0 bridgehead atoms. The number of halogens is 2. The average Bonchev–Trinajstić information content (AvgIpc) is 2.61. The fraction of sp³-hybridized carbons (Fsp3) is 0.278. The van der Waals surface area contributed by atoms with E-state index in [-0.39, 0.29) is 9.79 Å². The molecule has 0 spiro atoms. The summed E-state index contributed by atoms with van der Waals surface area (Å²) in [5, 5.41) is -0.869. The second kappa shape index (κ2) is 7.54. The van der Waals surface area contributed by atoms with Crippen LogP contribution >= 0.6 is 23.2 Å². The first kappa shape index (κ1) is 21.9. The monoisotopic (exact) mass is 448 g/mol. The third kappa shape index (κ3) is 4.06. The third-order valence-corrected chi connectivity index (χ3v) is 9.38. The van der Waals surface area contributed by atoms with E-state index in [9.17, 15) is 21.6 Å². The largest absolute Gasteiger partial charge is 0.296 e. The highest BCUT2D eigenvalue weighted by molar-refractivity contribution is 7.95. The highest BCUT2D eigenvalue weighted by Gasteiger charge is 2.47. The summed E-state index contributed by atoms with van der Waals surface area (Å²) in [7, 11) is -8.22. The van der Waals surface area contributed by atoms with Gasteiger partial charge in [0.15, 0.2) is 25.5 Å². The van der Waals surface area contributed by atoms with Gasteiger partial charge in [-0.15, -0.1) is 0 Å². The van der Waals surface area contributed by atoms with Crippen molar-refractivity contribution in [2.75, 3.05) is 0 Å². The minimum atomic E-state index is -4.14. The van der Waals surface area contributed by atoms with Gasteiger partial charge < -0.3 is 0 Å². The standard InChI is InChI=1S/C18H18Cl2O5S2/c1-12(26(22,23)15-8-4-13(19)5-9-15)17(21)18(2,3)27(24,25)16-10-6-14(20)7-11-16/h4-12H,1-3H3. The molecule has 2 rings (SSSR count). The zero-order chi connectivity index (χ0) is 20.6. The number of carbonyl (C=O) groups excluding carboxylic acids is 1. The molecule has 1 atom stereocenters. The Morgan fingerprint density at radius 2 is 1.19 bits per heavy atom. The van der Waals surface area contributed by atoms with Crippen LogP contribution in [0.5, 0.6) is 0 Å². The van der Waals surface area contributed by atoms with E-state index in [4.69, 9.17) is 23.2 Å². The molecule has 0 aliphatic carbocycles. The van der Waals surface area contributed by atoms with Crippen LogP contribution in [-0.2, 0) is 24.5 Å². The second-order valence-corrected chi connectivity index (χ2v) is 12.1. The van der Waals surface area contributed by atoms with Gasteiger partial charge in [0, 0.05) is 10.0 Å². The summed E-state index contributed by atoms with van der Waals surface area (Å²) in [5.41, 5.74) is 0. The van der Waals surface area contributed by atoms with Crippen molar-refractivity contribution in [3.8, 4) is 0 Å². The molecule has 0 N–H and O–H groups in total. The lowest BCUT2D eigenvalue weighted by atomic mass is 10.1. The van der Waals surface area contributed by atoms with E-state index in [1.807, 2.05) is 0 Å². The van der Waals surface area contributed by atoms with Gasteiger partial charge in [-0.2, -0.15) is 0 Å². The number of hydrogen-bond donors (Lipinski definition) is 0. The van der Waals surface area contributed by atoms with Gasteiger partial charge in [-0.25, -0.2) is 16.8 Å². The first-order valence-electron chi connectivity index (χ1n) is 7.86. The average molecular weight is 449 g/mol. The molecule has 2 aromatic rings. The molecule has 146 valence electrons. The lowest BCUT2D eigenvalue weighted by Crippen LogP contribution is -2.47. The number of ketones is 1. The van der Waals surface area contributed by atoms with E-state index < -0.39 is 35.5 Å². The van der Waals surface area contributed by atoms with Crippen LogP contribution in [0.2, 0.25) is 10.0 Å². The molecule has 0 saturated carbocycles. The van der Waals surface area contributed by atoms with Crippen LogP contribution in [0.4, 0.5) is 0 Å². The van der Waals surface area contributed by atoms with Crippen LogP contribution in [0, 0.1) is 0 Å². The molecule has 1 unspecified atom stereocenters. The van der Waals surface area contributed by atoms with Gasteiger partial charge in [-0.1, -0.05) is 23.2 Å². The van der Waals surface area contributed by atoms with Crippen molar-refractivity contribution in [3.63, 3.8) is 0 Å². The number of carbonyl (C=O) groups is 1. The van der Waals surface area contributed by atoms with Crippen LogP contribution < -0.4 is 0 Å². The molecule has 0 aromatic heterocycles. The van der Waals surface area contributed by atoms with Gasteiger partial charge in [0.2, 0.25) is 0 Å². The molecule has 0 aliphatic rings. The third-order valence-electron chi connectivity index (χ3n) is 4.37. The van der Waals surface area contributed by atoms with E-state index in [2.05, 4.69) is 0 Å². The molecule has 2 aromatic carbocycles. The molecule has 0 radical (unpaired) electrons. The smallest absolute Gasteiger partial charge is 0.190 e. The van der Waals surface area contributed by atoms with Gasteiger partial charge in [-0.3, -0.25) is 4.79 Å². The zero-order valence-corrected chi connectivity index (χ0v) is 18.0. The van der Waals surface area contributed by atoms with Crippen molar-refractivity contribution in [2.45, 2.75) is 40.6 Å². The van der Waals surface area contributed by atoms with Crippen molar-refractivity contribution < 1.29 is 21.6 Å². The summed E-state index contributed by atoms with van der Waals surface area (Å²) in [6.45, 7) is 3.59. The molecule has 0 aliphatic heterocycles. The first-order chi connectivity index (χ1) is 12.3. The molecule has 9 heteroatoms. The van der Waals surface area contributed by atoms with E-state index >= 15 is 0 Å². The van der Waals surface area contributed by atoms with E-state index in [0.29, 0.717) is 10.0 Å². The van der Waals surface area contributed by atoms with Crippen molar-refractivity contribution in [2.24, 2.45) is 0 Å². The summed E-state index contributed by atoms with van der Waals surface area (Å²) in [4.78, 5) is 12.7. The van der Waals surface area contributed by atoms with Crippen LogP contribution in [0.1, 0.15) is 20.8 Å². The molecular formula is C18H18Cl2O5S2. The predicted octanol–water partition coefficient (Wildman–Crippen LogP) is 3.98. The first-order valence-corrected chi connectivity index (χ1v) is 11.6. The molecular weight excluding hydrogens is 431 g/mol. The highest BCUT2D eigenvalue weighted by atomic mass is 35.5. The van der Waals surface area contributed by atoms with Crippen molar-refractivity contribution in [1.82, 2.24) is 0 Å². The molecule has 27 heavy (non-hydrogen) atoms. The van der Waals surface area contributed by atoms with Gasteiger partial charge in [-0.05, 0) is 69.3 Å². The summed E-state index contributed by atoms with van der Waals surface area (Å²) >= 11 is 11.5. The number of benzene rings is 2. The van der Waals surface area contributed by atoms with Gasteiger partial charge in [0.05, 0.1) is 9.79 Å². The Balaban J connectivity index is 2.44. The van der Waals surface area contributed by atoms with E-state index in [1.165, 1.54) is 69.3 Å². The molecule has 5 nitrogen and oxygen atoms in total. The van der Waals surface area contributed by atoms with Crippen molar-refractivity contribution >= 4 is 48.7 Å². The Kier molecular flexibility index (Phi) is 6.11.